The van der Waals surface area contributed by atoms with Gasteiger partial charge in [0.25, 0.3) is 5.91 Å². The number of H-pyrrole nitrogens is 1. The Labute approximate surface area is 172 Å². The molecule has 2 heterocycles. The van der Waals surface area contributed by atoms with Gasteiger partial charge in [0.15, 0.2) is 11.6 Å². The van der Waals surface area contributed by atoms with Crippen molar-refractivity contribution in [1.29, 1.82) is 5.26 Å². The van der Waals surface area contributed by atoms with Crippen LogP contribution >= 0.6 is 0 Å². The van der Waals surface area contributed by atoms with Crippen LogP contribution in [0.5, 0.6) is 0 Å². The van der Waals surface area contributed by atoms with E-state index in [1.165, 1.54) is 0 Å². The molecule has 0 fully saturated rings. The lowest BCUT2D eigenvalue weighted by atomic mass is 10.1. The summed E-state index contributed by atoms with van der Waals surface area (Å²) in [4.78, 5) is 24.1. The van der Waals surface area contributed by atoms with Crippen LogP contribution in [0.3, 0.4) is 0 Å². The molecule has 0 aliphatic rings. The fourth-order valence-electron chi connectivity index (χ4n) is 3.02. The first kappa shape index (κ1) is 19.0. The van der Waals surface area contributed by atoms with E-state index in [1.807, 2.05) is 36.5 Å². The van der Waals surface area contributed by atoms with Crippen LogP contribution in [0, 0.1) is 11.3 Å². The maximum absolute atomic E-state index is 12.1. The molecule has 0 saturated heterocycles. The van der Waals surface area contributed by atoms with Crippen molar-refractivity contribution in [2.24, 2.45) is 0 Å². The Balaban J connectivity index is 1.53. The molecule has 0 aliphatic heterocycles. The number of nitrogens with two attached hydrogens (primary N) is 1. The third kappa shape index (κ3) is 4.05. The molecule has 8 nitrogen and oxygen atoms in total. The fourth-order valence-corrected chi connectivity index (χ4v) is 3.02. The molecule has 8 heteroatoms. The molecule has 0 aliphatic carbocycles. The molecule has 148 valence electrons. The highest BCUT2D eigenvalue weighted by molar-refractivity contribution is 5.94. The highest BCUT2D eigenvalue weighted by Crippen LogP contribution is 2.26. The molecule has 0 bridgehead atoms. The minimum absolute atomic E-state index is 0.220. The molecular weight excluding hydrogens is 378 g/mol. The summed E-state index contributed by atoms with van der Waals surface area (Å²) in [6.07, 6.45) is 3.76. The zero-order chi connectivity index (χ0) is 20.9. The average Bonchev–Trinajstić information content (AvgIpc) is 3.23. The second-order valence-electron chi connectivity index (χ2n) is 6.64. The number of nitrogen functional groups attached to an aromatic ring is 1. The first-order valence-electron chi connectivity index (χ1n) is 9.36. The van der Waals surface area contributed by atoms with E-state index in [0.29, 0.717) is 29.4 Å². The van der Waals surface area contributed by atoms with E-state index in [2.05, 4.69) is 25.6 Å². The number of carbonyl (C=O) groups is 1. The second-order valence-corrected chi connectivity index (χ2v) is 6.64. The Hall–Kier alpha value is -4.38. The SMILES string of the molecule is N#CCCNC(=O)c1ccc(-c2cnc(N)c(Nc3ccc4[nH]ccc4c3)n2)cc1. The van der Waals surface area contributed by atoms with Crippen molar-refractivity contribution < 1.29 is 4.79 Å². The van der Waals surface area contributed by atoms with Gasteiger partial charge in [-0.1, -0.05) is 12.1 Å². The second kappa shape index (κ2) is 8.32. The van der Waals surface area contributed by atoms with Crippen molar-refractivity contribution in [3.05, 3.63) is 66.5 Å². The smallest absolute Gasteiger partial charge is 0.251 e. The average molecular weight is 397 g/mol. The third-order valence-corrected chi connectivity index (χ3v) is 4.58. The van der Waals surface area contributed by atoms with Gasteiger partial charge >= 0.3 is 0 Å². The van der Waals surface area contributed by atoms with Crippen molar-refractivity contribution >= 4 is 34.1 Å². The van der Waals surface area contributed by atoms with Gasteiger partial charge in [-0.15, -0.1) is 0 Å². The van der Waals surface area contributed by atoms with Crippen LogP contribution < -0.4 is 16.4 Å². The predicted octanol–water partition coefficient (Wildman–Crippen LogP) is 3.59. The number of hydrogen-bond acceptors (Lipinski definition) is 6. The predicted molar refractivity (Wildman–Crippen MR) is 116 cm³/mol. The van der Waals surface area contributed by atoms with E-state index in [-0.39, 0.29) is 12.3 Å². The van der Waals surface area contributed by atoms with Crippen molar-refractivity contribution in [3.8, 4) is 17.3 Å². The highest BCUT2D eigenvalue weighted by Gasteiger charge is 2.10. The zero-order valence-corrected chi connectivity index (χ0v) is 16.0. The number of carbonyl (C=O) groups excluding carboxylic acids is 1. The standard InChI is InChI=1S/C22H19N7O/c23-9-1-10-26-22(30)15-4-2-14(3-5-15)19-13-27-20(24)21(29-19)28-17-6-7-18-16(12-17)8-11-25-18/h2-8,11-13,25H,1,10H2,(H2,24,27)(H,26,30)(H,28,29). The quantitative estimate of drug-likeness (QED) is 0.368. The number of aromatic nitrogens is 3. The monoisotopic (exact) mass is 397 g/mol. The number of nitrogens with zero attached hydrogens (tertiary/aromatic N) is 3. The molecular formula is C22H19N7O. The Bertz CT molecular complexity index is 1240. The zero-order valence-electron chi connectivity index (χ0n) is 16.0. The van der Waals surface area contributed by atoms with E-state index >= 15 is 0 Å². The molecule has 0 unspecified atom stereocenters. The third-order valence-electron chi connectivity index (χ3n) is 4.58. The molecule has 5 N–H and O–H groups in total. The number of aromatic amines is 1. The largest absolute Gasteiger partial charge is 0.381 e. The molecule has 2 aromatic heterocycles. The number of nitriles is 1. The van der Waals surface area contributed by atoms with Crippen LogP contribution in [0.2, 0.25) is 0 Å². The number of benzene rings is 2. The van der Waals surface area contributed by atoms with E-state index in [9.17, 15) is 4.79 Å². The molecule has 0 spiro atoms. The minimum atomic E-state index is -0.220. The Morgan fingerprint density at radius 1 is 1.17 bits per heavy atom. The van der Waals surface area contributed by atoms with Gasteiger partial charge in [0.05, 0.1) is 24.4 Å². The molecule has 4 aromatic rings. The van der Waals surface area contributed by atoms with E-state index in [0.717, 1.165) is 22.2 Å². The van der Waals surface area contributed by atoms with Crippen LogP contribution in [-0.4, -0.2) is 27.4 Å². The molecule has 0 radical (unpaired) electrons. The summed E-state index contributed by atoms with van der Waals surface area (Å²) in [5.74, 6) is 0.532. The van der Waals surface area contributed by atoms with Gasteiger partial charge in [-0.05, 0) is 36.4 Å². The van der Waals surface area contributed by atoms with Gasteiger partial charge in [-0.3, -0.25) is 4.79 Å². The summed E-state index contributed by atoms with van der Waals surface area (Å²) < 4.78 is 0. The Morgan fingerprint density at radius 3 is 2.80 bits per heavy atom. The highest BCUT2D eigenvalue weighted by atomic mass is 16.1. The van der Waals surface area contributed by atoms with E-state index in [1.54, 1.807) is 30.5 Å². The molecule has 0 saturated carbocycles. The van der Waals surface area contributed by atoms with Crippen molar-refractivity contribution in [1.82, 2.24) is 20.3 Å². The lowest BCUT2D eigenvalue weighted by molar-refractivity contribution is 0.0954. The topological polar surface area (TPSA) is 133 Å². The maximum Gasteiger partial charge on any atom is 0.251 e. The normalized spacial score (nSPS) is 10.5. The van der Waals surface area contributed by atoms with Crippen LogP contribution in [0.4, 0.5) is 17.3 Å². The van der Waals surface area contributed by atoms with Crippen LogP contribution in [0.1, 0.15) is 16.8 Å². The van der Waals surface area contributed by atoms with Gasteiger partial charge in [0, 0.05) is 40.5 Å². The number of fused-ring (bicyclic) bond motifs is 1. The van der Waals surface area contributed by atoms with Gasteiger partial charge in [0.1, 0.15) is 0 Å². The molecule has 1 amide bonds. The maximum atomic E-state index is 12.1. The number of rotatable bonds is 6. The molecule has 4 rings (SSSR count). The van der Waals surface area contributed by atoms with Crippen molar-refractivity contribution in [2.45, 2.75) is 6.42 Å². The lowest BCUT2D eigenvalue weighted by Gasteiger charge is -2.10. The Kier molecular flexibility index (Phi) is 5.26. The van der Waals surface area contributed by atoms with Gasteiger partial charge in [0.2, 0.25) is 0 Å². The molecule has 30 heavy (non-hydrogen) atoms. The van der Waals surface area contributed by atoms with Crippen molar-refractivity contribution in [3.63, 3.8) is 0 Å². The van der Waals surface area contributed by atoms with Gasteiger partial charge < -0.3 is 21.4 Å². The fraction of sp³-hybridized carbons (Fsp3) is 0.0909. The van der Waals surface area contributed by atoms with Gasteiger partial charge in [-0.25, -0.2) is 9.97 Å². The first-order valence-corrected chi connectivity index (χ1v) is 9.36. The first-order chi connectivity index (χ1) is 14.6. The molecule has 2 aromatic carbocycles. The van der Waals surface area contributed by atoms with Gasteiger partial charge in [-0.2, -0.15) is 5.26 Å². The minimum Gasteiger partial charge on any atom is -0.381 e. The number of hydrogen-bond donors (Lipinski definition) is 4. The number of nitrogens with one attached hydrogen (secondary N) is 3. The van der Waals surface area contributed by atoms with Crippen molar-refractivity contribution in [2.75, 3.05) is 17.6 Å². The summed E-state index contributed by atoms with van der Waals surface area (Å²) in [6, 6.07) is 16.9. The summed E-state index contributed by atoms with van der Waals surface area (Å²) >= 11 is 0. The summed E-state index contributed by atoms with van der Waals surface area (Å²) in [5, 5.41) is 15.5. The Morgan fingerprint density at radius 2 is 2.00 bits per heavy atom. The summed E-state index contributed by atoms with van der Waals surface area (Å²) in [7, 11) is 0. The van der Waals surface area contributed by atoms with E-state index < -0.39 is 0 Å². The number of anilines is 3. The van der Waals surface area contributed by atoms with Crippen LogP contribution in [0.25, 0.3) is 22.2 Å². The summed E-state index contributed by atoms with van der Waals surface area (Å²) in [5.41, 5.74) is 9.86. The van der Waals surface area contributed by atoms with Crippen LogP contribution in [-0.2, 0) is 0 Å². The summed E-state index contributed by atoms with van der Waals surface area (Å²) in [6.45, 7) is 0.324. The van der Waals surface area contributed by atoms with E-state index in [4.69, 9.17) is 11.0 Å². The van der Waals surface area contributed by atoms with Crippen LogP contribution in [0.15, 0.2) is 60.9 Å². The lowest BCUT2D eigenvalue weighted by Crippen LogP contribution is -2.24. The number of amides is 1. The molecule has 0 atom stereocenters.